The molecular weight excluding hydrogens is 474 g/mol. The molecule has 1 atom stereocenters. The molecule has 3 rings (SSSR count). The van der Waals surface area contributed by atoms with E-state index >= 15 is 0 Å². The molecule has 7 nitrogen and oxygen atoms in total. The van der Waals surface area contributed by atoms with Crippen LogP contribution in [0.3, 0.4) is 0 Å². The Morgan fingerprint density at radius 1 is 1.17 bits per heavy atom. The largest absolute Gasteiger partial charge is 0.389 e. The van der Waals surface area contributed by atoms with Gasteiger partial charge < -0.3 is 10.2 Å². The molecule has 0 aliphatic rings. The second-order valence-electron chi connectivity index (χ2n) is 8.00. The molecule has 2 N–H and O–H groups in total. The summed E-state index contributed by atoms with van der Waals surface area (Å²) in [7, 11) is 1.67. The van der Waals surface area contributed by atoms with E-state index in [9.17, 15) is 4.79 Å². The molecular formula is C28H36ClN5O2. The lowest BCUT2D eigenvalue weighted by molar-refractivity contribution is -0.116. The van der Waals surface area contributed by atoms with E-state index in [1.165, 1.54) is 6.42 Å². The van der Waals surface area contributed by atoms with Gasteiger partial charge >= 0.3 is 0 Å². The molecule has 0 aliphatic heterocycles. The number of nitrogens with zero attached hydrogens (tertiary/aromatic N) is 3. The second kappa shape index (κ2) is 14.9. The monoisotopic (exact) mass is 509 g/mol. The molecule has 0 fully saturated rings. The maximum Gasteiger partial charge on any atom is 0.252 e. The standard InChI is InChI=1S/C25H28ClN5O2.C3H8/c1-5-8-22(17-9-14-24(28-15-17)33-27-4)30-25(32)20(6-2)21-16-29-31(23(21)7-3)19-12-10-18(26)11-13-19;1-3-2/h6-7,9-16,22,27H,3,5,8H2,1-2,4H3,(H,30,32);3H2,1-2H3/b20-6+;. The number of hydrogen-bond donors (Lipinski definition) is 2. The molecule has 0 saturated carbocycles. The number of pyridine rings is 1. The van der Waals surface area contributed by atoms with Crippen molar-refractivity contribution in [2.75, 3.05) is 7.05 Å². The number of benzene rings is 1. The van der Waals surface area contributed by atoms with E-state index in [2.05, 4.69) is 48.2 Å². The zero-order valence-corrected chi connectivity index (χ0v) is 22.5. The van der Waals surface area contributed by atoms with Gasteiger partial charge in [0.1, 0.15) is 0 Å². The minimum absolute atomic E-state index is 0.188. The lowest BCUT2D eigenvalue weighted by Gasteiger charge is -2.20. The Bertz CT molecular complexity index is 1140. The normalized spacial score (nSPS) is 11.8. The number of halogens is 1. The first-order valence-electron chi connectivity index (χ1n) is 12.2. The van der Waals surface area contributed by atoms with Crippen LogP contribution < -0.4 is 15.6 Å². The maximum absolute atomic E-state index is 13.3. The van der Waals surface area contributed by atoms with E-state index in [0.29, 0.717) is 22.0 Å². The highest BCUT2D eigenvalue weighted by atomic mass is 35.5. The van der Waals surface area contributed by atoms with Crippen LogP contribution in [0, 0.1) is 0 Å². The predicted octanol–water partition coefficient (Wildman–Crippen LogP) is 6.55. The van der Waals surface area contributed by atoms with Crippen molar-refractivity contribution >= 4 is 29.2 Å². The number of rotatable bonds is 10. The number of hydrogen-bond acceptors (Lipinski definition) is 5. The summed E-state index contributed by atoms with van der Waals surface area (Å²) in [6.07, 6.45) is 9.81. The predicted molar refractivity (Wildman–Crippen MR) is 148 cm³/mol. The van der Waals surface area contributed by atoms with Crippen LogP contribution in [0.2, 0.25) is 5.02 Å². The molecule has 1 aromatic carbocycles. The number of allylic oxidation sites excluding steroid dienone is 1. The summed E-state index contributed by atoms with van der Waals surface area (Å²) in [6.45, 7) is 12.1. The molecule has 0 aliphatic carbocycles. The number of nitrogens with one attached hydrogen (secondary N) is 2. The molecule has 1 unspecified atom stereocenters. The Morgan fingerprint density at radius 2 is 1.86 bits per heavy atom. The van der Waals surface area contributed by atoms with Gasteiger partial charge in [0.25, 0.3) is 5.91 Å². The van der Waals surface area contributed by atoms with Crippen molar-refractivity contribution in [1.29, 1.82) is 0 Å². The molecule has 1 amide bonds. The SMILES string of the molecule is C=Cc1c(/C(=C\C)C(=O)NC(CCC)c2ccc(ONC)nc2)cnn1-c1ccc(Cl)cc1.CCC. The van der Waals surface area contributed by atoms with E-state index in [4.69, 9.17) is 16.4 Å². The number of amides is 1. The number of aromatic nitrogens is 3. The second-order valence-corrected chi connectivity index (χ2v) is 8.43. The molecule has 0 saturated heterocycles. The summed E-state index contributed by atoms with van der Waals surface area (Å²) < 4.78 is 1.74. The Balaban J connectivity index is 0.00000145. The zero-order valence-electron chi connectivity index (χ0n) is 21.7. The smallest absolute Gasteiger partial charge is 0.252 e. The molecule has 2 aromatic heterocycles. The van der Waals surface area contributed by atoms with Crippen LogP contribution in [0.15, 0.2) is 61.4 Å². The van der Waals surface area contributed by atoms with Gasteiger partial charge in [0.15, 0.2) is 0 Å². The third-order valence-corrected chi connectivity index (χ3v) is 5.40. The number of carbonyl (C=O) groups is 1. The van der Waals surface area contributed by atoms with Crippen molar-refractivity contribution < 1.29 is 9.63 Å². The average Bonchev–Trinajstić information content (AvgIpc) is 3.29. The van der Waals surface area contributed by atoms with Gasteiger partial charge in [-0.05, 0) is 55.3 Å². The number of hydroxylamine groups is 1. The minimum atomic E-state index is -0.190. The Morgan fingerprint density at radius 3 is 2.39 bits per heavy atom. The zero-order chi connectivity index (χ0) is 26.5. The van der Waals surface area contributed by atoms with E-state index in [0.717, 1.165) is 29.8 Å². The fraction of sp³-hybridized carbons (Fsp3) is 0.321. The lowest BCUT2D eigenvalue weighted by Crippen LogP contribution is -2.29. The first-order chi connectivity index (χ1) is 17.4. The van der Waals surface area contributed by atoms with Crippen LogP contribution >= 0.6 is 11.6 Å². The van der Waals surface area contributed by atoms with Crippen molar-refractivity contribution in [3.8, 4) is 11.6 Å². The summed E-state index contributed by atoms with van der Waals surface area (Å²) in [4.78, 5) is 22.8. The average molecular weight is 510 g/mol. The molecule has 8 heteroatoms. The highest BCUT2D eigenvalue weighted by Gasteiger charge is 2.22. The lowest BCUT2D eigenvalue weighted by atomic mass is 10.0. The van der Waals surface area contributed by atoms with Gasteiger partial charge in [0, 0.05) is 35.5 Å². The molecule has 0 radical (unpaired) electrons. The van der Waals surface area contributed by atoms with Gasteiger partial charge in [-0.1, -0.05) is 57.9 Å². The highest BCUT2D eigenvalue weighted by Crippen LogP contribution is 2.26. The van der Waals surface area contributed by atoms with Crippen LogP contribution in [-0.4, -0.2) is 27.7 Å². The third-order valence-electron chi connectivity index (χ3n) is 5.15. The summed E-state index contributed by atoms with van der Waals surface area (Å²) in [5.41, 5.74) is 6.28. The van der Waals surface area contributed by atoms with Gasteiger partial charge in [-0.25, -0.2) is 9.67 Å². The third kappa shape index (κ3) is 7.54. The van der Waals surface area contributed by atoms with Crippen LogP contribution in [0.4, 0.5) is 0 Å². The van der Waals surface area contributed by atoms with Crippen LogP contribution in [0.5, 0.6) is 5.88 Å². The van der Waals surface area contributed by atoms with Crippen LogP contribution in [0.25, 0.3) is 17.3 Å². The van der Waals surface area contributed by atoms with Crippen molar-refractivity contribution in [3.05, 3.63) is 83.3 Å². The van der Waals surface area contributed by atoms with E-state index in [1.54, 1.807) is 54.5 Å². The van der Waals surface area contributed by atoms with Gasteiger partial charge in [-0.3, -0.25) is 4.79 Å². The Labute approximate surface area is 219 Å². The summed E-state index contributed by atoms with van der Waals surface area (Å²) in [5.74, 6) is 0.271. The summed E-state index contributed by atoms with van der Waals surface area (Å²) in [6, 6.07) is 10.8. The van der Waals surface area contributed by atoms with Gasteiger partial charge in [-0.15, -0.1) is 0 Å². The van der Waals surface area contributed by atoms with Crippen LogP contribution in [0.1, 0.15) is 69.8 Å². The first kappa shape index (κ1) is 28.8. The molecule has 192 valence electrons. The summed E-state index contributed by atoms with van der Waals surface area (Å²) in [5, 5.41) is 8.28. The van der Waals surface area contributed by atoms with Crippen molar-refractivity contribution in [1.82, 2.24) is 25.6 Å². The molecule has 0 spiro atoms. The maximum atomic E-state index is 13.3. The Kier molecular flexibility index (Phi) is 11.9. The van der Waals surface area contributed by atoms with E-state index in [1.807, 2.05) is 25.1 Å². The summed E-state index contributed by atoms with van der Waals surface area (Å²) >= 11 is 6.01. The molecule has 3 aromatic rings. The Hall–Kier alpha value is -3.42. The van der Waals surface area contributed by atoms with Gasteiger partial charge in [0.2, 0.25) is 5.88 Å². The highest BCUT2D eigenvalue weighted by molar-refractivity contribution is 6.30. The quantitative estimate of drug-likeness (QED) is 0.239. The van der Waals surface area contributed by atoms with E-state index < -0.39 is 0 Å². The van der Waals surface area contributed by atoms with Crippen molar-refractivity contribution in [3.63, 3.8) is 0 Å². The topological polar surface area (TPSA) is 81.1 Å². The fourth-order valence-corrected chi connectivity index (χ4v) is 3.69. The molecule has 2 heterocycles. The minimum Gasteiger partial charge on any atom is -0.389 e. The van der Waals surface area contributed by atoms with Crippen molar-refractivity contribution in [2.24, 2.45) is 0 Å². The van der Waals surface area contributed by atoms with Gasteiger partial charge in [0.05, 0.1) is 23.6 Å². The number of carbonyl (C=O) groups excluding carboxylic acids is 1. The molecule has 0 bridgehead atoms. The van der Waals surface area contributed by atoms with Gasteiger partial charge in [-0.2, -0.15) is 10.6 Å². The van der Waals surface area contributed by atoms with E-state index in [-0.39, 0.29) is 11.9 Å². The van der Waals surface area contributed by atoms with Crippen molar-refractivity contribution in [2.45, 2.75) is 53.0 Å². The fourth-order valence-electron chi connectivity index (χ4n) is 3.57. The first-order valence-corrected chi connectivity index (χ1v) is 12.5. The molecule has 36 heavy (non-hydrogen) atoms. The van der Waals surface area contributed by atoms with Crippen LogP contribution in [-0.2, 0) is 4.79 Å².